The summed E-state index contributed by atoms with van der Waals surface area (Å²) in [5.41, 5.74) is 6.16. The van der Waals surface area contributed by atoms with Crippen LogP contribution in [-0.4, -0.2) is 28.2 Å². The molecule has 0 saturated carbocycles. The first kappa shape index (κ1) is 14.1. The molecule has 1 aliphatic heterocycles. The Bertz CT molecular complexity index is 693. The molecule has 0 unspecified atom stereocenters. The predicted molar refractivity (Wildman–Crippen MR) is 93.7 cm³/mol. The maximum Gasteiger partial charge on any atom is 0.0547 e. The average Bonchev–Trinajstić information content (AvgIpc) is 2.43. The summed E-state index contributed by atoms with van der Waals surface area (Å²) in [7, 11) is 8.31. The van der Waals surface area contributed by atoms with E-state index in [2.05, 4.69) is 80.6 Å². The quantitative estimate of drug-likeness (QED) is 0.758. The zero-order chi connectivity index (χ0) is 15.1. The molecule has 110 valence electrons. The van der Waals surface area contributed by atoms with Crippen molar-refractivity contribution in [2.45, 2.75) is 16.7 Å². The van der Waals surface area contributed by atoms with Crippen molar-refractivity contribution in [2.75, 3.05) is 43.3 Å². The Balaban J connectivity index is 2.03. The van der Waals surface area contributed by atoms with Crippen molar-refractivity contribution < 1.29 is 0 Å². The van der Waals surface area contributed by atoms with Gasteiger partial charge in [0, 0.05) is 49.4 Å². The molecule has 0 amide bonds. The Morgan fingerprint density at radius 3 is 2.24 bits per heavy atom. The maximum atomic E-state index is 3.58. The van der Waals surface area contributed by atoms with Gasteiger partial charge in [-0.1, -0.05) is 11.8 Å². The predicted octanol–water partition coefficient (Wildman–Crippen LogP) is 4.34. The molecule has 2 aromatic carbocycles. The highest BCUT2D eigenvalue weighted by atomic mass is 32.2. The minimum Gasteiger partial charge on any atom is -0.378 e. The van der Waals surface area contributed by atoms with Crippen molar-refractivity contribution in [2.24, 2.45) is 0 Å². The lowest BCUT2D eigenvalue weighted by Crippen LogP contribution is -2.12. The first-order chi connectivity index (χ1) is 9.95. The topological polar surface area (TPSA) is 18.5 Å². The van der Waals surface area contributed by atoms with E-state index in [9.17, 15) is 0 Å². The lowest BCUT2D eigenvalue weighted by atomic mass is 10.1. The summed E-state index contributed by atoms with van der Waals surface area (Å²) in [4.78, 5) is 6.87. The normalized spacial score (nSPS) is 12.2. The molecule has 4 heteroatoms. The lowest BCUT2D eigenvalue weighted by molar-refractivity contribution is 1.10. The summed E-state index contributed by atoms with van der Waals surface area (Å²) in [6.45, 7) is 2.17. The van der Waals surface area contributed by atoms with Crippen LogP contribution in [0.25, 0.3) is 0 Å². The molecular formula is C17H21N3S. The van der Waals surface area contributed by atoms with Crippen molar-refractivity contribution >= 4 is 34.5 Å². The number of nitrogens with zero attached hydrogens (tertiary/aromatic N) is 2. The monoisotopic (exact) mass is 299 g/mol. The summed E-state index contributed by atoms with van der Waals surface area (Å²) < 4.78 is 0. The van der Waals surface area contributed by atoms with E-state index in [1.165, 1.54) is 38.1 Å². The van der Waals surface area contributed by atoms with Crippen molar-refractivity contribution in [3.63, 3.8) is 0 Å². The van der Waals surface area contributed by atoms with Crippen molar-refractivity contribution in [3.05, 3.63) is 35.9 Å². The van der Waals surface area contributed by atoms with E-state index in [1.54, 1.807) is 0 Å². The van der Waals surface area contributed by atoms with Crippen molar-refractivity contribution in [1.29, 1.82) is 0 Å². The summed E-state index contributed by atoms with van der Waals surface area (Å²) in [5, 5.41) is 3.58. The van der Waals surface area contributed by atoms with Gasteiger partial charge in [-0.3, -0.25) is 0 Å². The highest BCUT2D eigenvalue weighted by molar-refractivity contribution is 7.99. The number of hydrogen-bond donors (Lipinski definition) is 1. The second-order valence-electron chi connectivity index (χ2n) is 5.83. The van der Waals surface area contributed by atoms with Crippen LogP contribution in [-0.2, 0) is 0 Å². The molecule has 3 rings (SSSR count). The number of anilines is 4. The molecule has 0 spiro atoms. The van der Waals surface area contributed by atoms with Crippen LogP contribution in [0.2, 0.25) is 0 Å². The zero-order valence-corrected chi connectivity index (χ0v) is 14.0. The van der Waals surface area contributed by atoms with E-state index >= 15 is 0 Å². The number of fused-ring (bicyclic) bond motifs is 2. The molecule has 0 bridgehead atoms. The smallest absolute Gasteiger partial charge is 0.0547 e. The van der Waals surface area contributed by atoms with Gasteiger partial charge in [0.1, 0.15) is 0 Å². The van der Waals surface area contributed by atoms with Crippen molar-refractivity contribution in [1.82, 2.24) is 0 Å². The molecule has 2 aromatic rings. The second-order valence-corrected chi connectivity index (χ2v) is 6.92. The summed E-state index contributed by atoms with van der Waals surface area (Å²) in [6, 6.07) is 11.1. The number of nitrogens with one attached hydrogen (secondary N) is 1. The van der Waals surface area contributed by atoms with Crippen LogP contribution in [0.1, 0.15) is 5.56 Å². The van der Waals surface area contributed by atoms with Crippen LogP contribution >= 0.6 is 11.8 Å². The van der Waals surface area contributed by atoms with Crippen LogP contribution in [0.5, 0.6) is 0 Å². The van der Waals surface area contributed by atoms with E-state index in [0.29, 0.717) is 0 Å². The second kappa shape index (κ2) is 5.19. The Morgan fingerprint density at radius 1 is 0.857 bits per heavy atom. The molecule has 21 heavy (non-hydrogen) atoms. The van der Waals surface area contributed by atoms with Crippen molar-refractivity contribution in [3.8, 4) is 0 Å². The first-order valence-electron chi connectivity index (χ1n) is 7.04. The summed E-state index contributed by atoms with van der Waals surface area (Å²) in [6.07, 6.45) is 0. The fraction of sp³-hybridized carbons (Fsp3) is 0.294. The standard InChI is InChI=1S/C17H21N3S/c1-11-8-17-14(10-15(11)20(4)5)18-13-9-12(19(2)3)6-7-16(13)21-17/h6-10,18H,1-5H3. The lowest BCUT2D eigenvalue weighted by Gasteiger charge is -2.26. The fourth-order valence-electron chi connectivity index (χ4n) is 2.58. The molecule has 0 fully saturated rings. The Labute approximate surface area is 131 Å². The minimum atomic E-state index is 1.19. The molecule has 1 aliphatic rings. The molecule has 0 atom stereocenters. The van der Waals surface area contributed by atoms with E-state index < -0.39 is 0 Å². The molecule has 0 radical (unpaired) electrons. The molecular weight excluding hydrogens is 278 g/mol. The molecule has 0 aliphatic carbocycles. The first-order valence-corrected chi connectivity index (χ1v) is 7.85. The largest absolute Gasteiger partial charge is 0.378 e. The SMILES string of the molecule is Cc1cc2c(cc1N(C)C)Nc1cc(N(C)C)ccc1S2. The van der Waals surface area contributed by atoms with E-state index in [0.717, 1.165) is 0 Å². The Hall–Kier alpha value is -1.81. The van der Waals surface area contributed by atoms with Gasteiger partial charge in [-0.25, -0.2) is 0 Å². The highest BCUT2D eigenvalue weighted by Crippen LogP contribution is 2.47. The van der Waals surface area contributed by atoms with Crippen LogP contribution in [0, 0.1) is 6.92 Å². The molecule has 1 heterocycles. The average molecular weight is 299 g/mol. The van der Waals surface area contributed by atoms with Gasteiger partial charge in [-0.05, 0) is 42.8 Å². The van der Waals surface area contributed by atoms with Gasteiger partial charge in [-0.2, -0.15) is 0 Å². The van der Waals surface area contributed by atoms with E-state index in [4.69, 9.17) is 0 Å². The third-order valence-electron chi connectivity index (χ3n) is 3.75. The van der Waals surface area contributed by atoms with Crippen LogP contribution in [0.15, 0.2) is 40.1 Å². The molecule has 3 nitrogen and oxygen atoms in total. The minimum absolute atomic E-state index is 1.19. The molecule has 0 saturated heterocycles. The van der Waals surface area contributed by atoms with Gasteiger partial charge in [-0.15, -0.1) is 0 Å². The fourth-order valence-corrected chi connectivity index (χ4v) is 3.63. The highest BCUT2D eigenvalue weighted by Gasteiger charge is 2.18. The van der Waals surface area contributed by atoms with Crippen LogP contribution < -0.4 is 15.1 Å². The van der Waals surface area contributed by atoms with Crippen LogP contribution in [0.4, 0.5) is 22.7 Å². The molecule has 0 aromatic heterocycles. The zero-order valence-electron chi connectivity index (χ0n) is 13.2. The van der Waals surface area contributed by atoms with Gasteiger partial charge >= 0.3 is 0 Å². The Morgan fingerprint density at radius 2 is 1.57 bits per heavy atom. The van der Waals surface area contributed by atoms with E-state index in [1.807, 2.05) is 11.8 Å². The van der Waals surface area contributed by atoms with Gasteiger partial charge in [0.25, 0.3) is 0 Å². The van der Waals surface area contributed by atoms with Crippen LogP contribution in [0.3, 0.4) is 0 Å². The van der Waals surface area contributed by atoms with Gasteiger partial charge in [0.15, 0.2) is 0 Å². The van der Waals surface area contributed by atoms with Gasteiger partial charge in [0.05, 0.1) is 11.4 Å². The number of aryl methyl sites for hydroxylation is 1. The third-order valence-corrected chi connectivity index (χ3v) is 4.88. The maximum absolute atomic E-state index is 3.58. The van der Waals surface area contributed by atoms with Gasteiger partial charge in [0.2, 0.25) is 0 Å². The van der Waals surface area contributed by atoms with E-state index in [-0.39, 0.29) is 0 Å². The molecule has 1 N–H and O–H groups in total. The summed E-state index contributed by atoms with van der Waals surface area (Å²) >= 11 is 1.84. The number of benzene rings is 2. The Kier molecular flexibility index (Phi) is 3.49. The summed E-state index contributed by atoms with van der Waals surface area (Å²) in [5.74, 6) is 0. The number of hydrogen-bond acceptors (Lipinski definition) is 4. The van der Waals surface area contributed by atoms with Gasteiger partial charge < -0.3 is 15.1 Å². The third kappa shape index (κ3) is 2.56. The number of rotatable bonds is 2.